The van der Waals surface area contributed by atoms with Crippen molar-refractivity contribution in [3.05, 3.63) is 12.2 Å². The molecule has 3 aliphatic rings. The molecule has 0 radical (unpaired) electrons. The van der Waals surface area contributed by atoms with E-state index in [9.17, 15) is 15.0 Å². The van der Waals surface area contributed by atoms with Crippen LogP contribution in [0.15, 0.2) is 12.2 Å². The maximum absolute atomic E-state index is 10.6. The van der Waals surface area contributed by atoms with Gasteiger partial charge in [0.2, 0.25) is 0 Å². The first-order valence-electron chi connectivity index (χ1n) is 10.8. The second-order valence-corrected chi connectivity index (χ2v) is 10.4. The van der Waals surface area contributed by atoms with E-state index in [0.717, 1.165) is 43.8 Å². The van der Waals surface area contributed by atoms with Gasteiger partial charge in [0.15, 0.2) is 0 Å². The molecule has 6 atom stereocenters. The van der Waals surface area contributed by atoms with Crippen molar-refractivity contribution in [2.24, 2.45) is 35.5 Å². The van der Waals surface area contributed by atoms with Gasteiger partial charge in [-0.2, -0.15) is 11.8 Å². The third-order valence-corrected chi connectivity index (χ3v) is 8.28. The smallest absolute Gasteiger partial charge is 0.313 e. The van der Waals surface area contributed by atoms with E-state index < -0.39 is 5.97 Å². The lowest BCUT2D eigenvalue weighted by molar-refractivity contribution is -0.133. The lowest BCUT2D eigenvalue weighted by Gasteiger charge is -2.29. The third-order valence-electron chi connectivity index (χ3n) is 7.30. The minimum absolute atomic E-state index is 0.184. The highest BCUT2D eigenvalue weighted by Gasteiger charge is 2.46. The summed E-state index contributed by atoms with van der Waals surface area (Å²) in [7, 11) is 0. The van der Waals surface area contributed by atoms with E-state index >= 15 is 0 Å². The third kappa shape index (κ3) is 5.74. The highest BCUT2D eigenvalue weighted by atomic mass is 32.2. The summed E-state index contributed by atoms with van der Waals surface area (Å²) in [5.41, 5.74) is 0. The van der Waals surface area contributed by atoms with Crippen LogP contribution in [0.1, 0.15) is 58.3 Å². The van der Waals surface area contributed by atoms with Crippen molar-refractivity contribution < 1.29 is 20.1 Å². The molecular formula is C22H36O4S. The van der Waals surface area contributed by atoms with Crippen LogP contribution in [0.25, 0.3) is 0 Å². The van der Waals surface area contributed by atoms with E-state index in [2.05, 4.69) is 13.0 Å². The van der Waals surface area contributed by atoms with E-state index in [0.29, 0.717) is 23.7 Å². The zero-order chi connectivity index (χ0) is 19.4. The second kappa shape index (κ2) is 9.80. The molecule has 2 unspecified atom stereocenters. The number of aliphatic hydroxyl groups excluding tert-OH is 2. The van der Waals surface area contributed by atoms with Gasteiger partial charge in [-0.3, -0.25) is 4.79 Å². The number of carbonyl (C=O) groups is 1. The summed E-state index contributed by atoms with van der Waals surface area (Å²) < 4.78 is 0. The number of fused-ring (bicyclic) bond motifs is 1. The number of hydrogen-bond donors (Lipinski definition) is 3. The van der Waals surface area contributed by atoms with E-state index in [4.69, 9.17) is 5.11 Å². The van der Waals surface area contributed by atoms with Gasteiger partial charge in [0, 0.05) is 5.92 Å². The van der Waals surface area contributed by atoms with Crippen molar-refractivity contribution in [3.63, 3.8) is 0 Å². The largest absolute Gasteiger partial charge is 0.481 e. The molecule has 0 aliphatic heterocycles. The minimum atomic E-state index is -0.734. The fourth-order valence-electron chi connectivity index (χ4n) is 5.71. The van der Waals surface area contributed by atoms with E-state index in [1.54, 1.807) is 0 Å². The Hall–Kier alpha value is -0.520. The van der Waals surface area contributed by atoms with Gasteiger partial charge in [0.05, 0.1) is 18.0 Å². The van der Waals surface area contributed by atoms with Gasteiger partial charge in [-0.1, -0.05) is 31.9 Å². The van der Waals surface area contributed by atoms with Crippen LogP contribution in [0.5, 0.6) is 0 Å². The van der Waals surface area contributed by atoms with Gasteiger partial charge >= 0.3 is 5.97 Å². The first-order chi connectivity index (χ1) is 12.9. The quantitative estimate of drug-likeness (QED) is 0.428. The molecule has 3 saturated carbocycles. The van der Waals surface area contributed by atoms with Crippen molar-refractivity contribution in [3.8, 4) is 0 Å². The van der Waals surface area contributed by atoms with Gasteiger partial charge in [0.1, 0.15) is 0 Å². The van der Waals surface area contributed by atoms with Gasteiger partial charge in [-0.05, 0) is 73.9 Å². The molecule has 0 saturated heterocycles. The molecule has 27 heavy (non-hydrogen) atoms. The molecule has 0 amide bonds. The van der Waals surface area contributed by atoms with Crippen molar-refractivity contribution in [1.82, 2.24) is 0 Å². The molecule has 3 fully saturated rings. The molecule has 4 nitrogen and oxygen atoms in total. The fourth-order valence-corrected chi connectivity index (χ4v) is 6.53. The van der Waals surface area contributed by atoms with Gasteiger partial charge in [-0.15, -0.1) is 0 Å². The number of thioether (sulfide) groups is 1. The van der Waals surface area contributed by atoms with Crippen molar-refractivity contribution in [2.45, 2.75) is 70.5 Å². The van der Waals surface area contributed by atoms with Crippen LogP contribution in [0.2, 0.25) is 0 Å². The summed E-state index contributed by atoms with van der Waals surface area (Å²) in [6, 6.07) is 0. The molecule has 0 aromatic heterocycles. The molecule has 3 rings (SSSR count). The number of carboxylic acid groups (broad SMARTS) is 1. The lowest BCUT2D eigenvalue weighted by atomic mass is 9.79. The maximum atomic E-state index is 10.6. The van der Waals surface area contributed by atoms with Gasteiger partial charge in [-0.25, -0.2) is 0 Å². The molecule has 0 heterocycles. The summed E-state index contributed by atoms with van der Waals surface area (Å²) in [5.74, 6) is 3.52. The molecule has 3 aliphatic carbocycles. The monoisotopic (exact) mass is 396 g/mol. The van der Waals surface area contributed by atoms with Crippen molar-refractivity contribution in [1.29, 1.82) is 0 Å². The molecule has 0 aromatic rings. The number of hydrogen-bond acceptors (Lipinski definition) is 4. The summed E-state index contributed by atoms with van der Waals surface area (Å²) >= 11 is 1.51. The Labute approximate surface area is 167 Å². The first kappa shape index (κ1) is 21.2. The van der Waals surface area contributed by atoms with Crippen LogP contribution < -0.4 is 0 Å². The Kier molecular flexibility index (Phi) is 7.69. The highest BCUT2D eigenvalue weighted by molar-refractivity contribution is 7.99. The SMILES string of the molecule is C[C@H]1CC[C@H](C(O)C=C[C@@H]2[C@@H]3CC(CCSCC(=O)O)C[C@@H]3C[C@H]2O)CC1. The average Bonchev–Trinajstić information content (AvgIpc) is 3.13. The first-order valence-corrected chi connectivity index (χ1v) is 11.9. The van der Waals surface area contributed by atoms with Gasteiger partial charge in [0.25, 0.3) is 0 Å². The van der Waals surface area contributed by atoms with Crippen LogP contribution >= 0.6 is 11.8 Å². The minimum Gasteiger partial charge on any atom is -0.481 e. The van der Waals surface area contributed by atoms with Crippen LogP contribution in [-0.4, -0.2) is 45.0 Å². The summed E-state index contributed by atoms with van der Waals surface area (Å²) in [4.78, 5) is 10.6. The Bertz CT molecular complexity index is 514. The van der Waals surface area contributed by atoms with Crippen LogP contribution in [0.3, 0.4) is 0 Å². The molecule has 0 aromatic carbocycles. The molecular weight excluding hydrogens is 360 g/mol. The van der Waals surface area contributed by atoms with Crippen molar-refractivity contribution >= 4 is 17.7 Å². The Morgan fingerprint density at radius 3 is 2.63 bits per heavy atom. The zero-order valence-corrected chi connectivity index (χ0v) is 17.3. The van der Waals surface area contributed by atoms with Crippen LogP contribution in [-0.2, 0) is 4.79 Å². The summed E-state index contributed by atoms with van der Waals surface area (Å²) in [6.07, 6.45) is 12.4. The predicted molar refractivity (Wildman–Crippen MR) is 110 cm³/mol. The molecule has 0 spiro atoms. The molecule has 0 bridgehead atoms. The zero-order valence-electron chi connectivity index (χ0n) is 16.5. The number of rotatable bonds is 8. The van der Waals surface area contributed by atoms with Crippen molar-refractivity contribution in [2.75, 3.05) is 11.5 Å². The highest BCUT2D eigenvalue weighted by Crippen LogP contribution is 2.51. The maximum Gasteiger partial charge on any atom is 0.313 e. The van der Waals surface area contributed by atoms with Gasteiger partial charge < -0.3 is 15.3 Å². The lowest BCUT2D eigenvalue weighted by Crippen LogP contribution is -2.24. The molecule has 3 N–H and O–H groups in total. The Balaban J connectivity index is 1.47. The number of aliphatic hydroxyl groups is 2. The van der Waals surface area contributed by atoms with Crippen LogP contribution in [0.4, 0.5) is 0 Å². The molecule has 5 heteroatoms. The average molecular weight is 397 g/mol. The summed E-state index contributed by atoms with van der Waals surface area (Å²) in [6.45, 7) is 2.30. The van der Waals surface area contributed by atoms with E-state index in [1.165, 1.54) is 31.0 Å². The normalized spacial score (nSPS) is 40.3. The standard InChI is InChI=1S/C22H36O4S/c1-14-2-4-16(5-3-14)20(23)7-6-18-19-11-15(8-9-27-13-22(25)26)10-17(19)12-21(18)24/h6-7,14-21,23-24H,2-5,8-13H2,1H3,(H,25,26)/t14-,15?,16-,17-,18-,19-,20?,21-/m1/s1. The van der Waals surface area contributed by atoms with E-state index in [-0.39, 0.29) is 23.9 Å². The van der Waals surface area contributed by atoms with E-state index in [1.807, 2.05) is 6.08 Å². The molecule has 154 valence electrons. The Morgan fingerprint density at radius 1 is 1.19 bits per heavy atom. The predicted octanol–water partition coefficient (Wildman–Crippen LogP) is 3.96. The second-order valence-electron chi connectivity index (χ2n) is 9.27. The van der Waals surface area contributed by atoms with Crippen LogP contribution in [0, 0.1) is 35.5 Å². The number of carboxylic acids is 1. The topological polar surface area (TPSA) is 77.8 Å². The Morgan fingerprint density at radius 2 is 1.93 bits per heavy atom. The summed E-state index contributed by atoms with van der Waals surface area (Å²) in [5, 5.41) is 29.8. The number of aliphatic carboxylic acids is 1. The fraction of sp³-hybridized carbons (Fsp3) is 0.864.